The molecule has 0 spiro atoms. The Kier molecular flexibility index (Phi) is 4.77. The van der Waals surface area contributed by atoms with Gasteiger partial charge in [0.2, 0.25) is 0 Å². The van der Waals surface area contributed by atoms with Crippen LogP contribution >= 0.6 is 0 Å². The Hall–Kier alpha value is -1.76. The van der Waals surface area contributed by atoms with E-state index in [0.29, 0.717) is 11.6 Å². The van der Waals surface area contributed by atoms with Crippen molar-refractivity contribution in [3.05, 3.63) is 65.9 Å². The zero-order valence-electron chi connectivity index (χ0n) is 10.9. The van der Waals surface area contributed by atoms with Crippen LogP contribution in [-0.2, 0) is 0 Å². The summed E-state index contributed by atoms with van der Waals surface area (Å²) in [7, 11) is 0. The number of aryl methyl sites for hydroxylation is 1. The molecule has 0 saturated carbocycles. The number of hydrogen-bond acceptors (Lipinski definition) is 1. The second kappa shape index (κ2) is 6.09. The molecule has 0 bridgehead atoms. The minimum absolute atomic E-state index is 0.464. The Bertz CT molecular complexity index is 433. The molecule has 0 fully saturated rings. The predicted octanol–water partition coefficient (Wildman–Crippen LogP) is 4.06. The summed E-state index contributed by atoms with van der Waals surface area (Å²) >= 11 is 0. The molecule has 1 nitrogen and oxygen atoms in total. The standard InChI is InChI=1S/C16H21N/c1-5-15(17)10-11-16(12(2)3)14-8-6-13(4)7-9-14/h5-12H,1,17H2,2-4H3/b15-10+,16-11+. The van der Waals surface area contributed by atoms with Crippen molar-refractivity contribution in [1.82, 2.24) is 0 Å². The van der Waals surface area contributed by atoms with E-state index in [1.807, 2.05) is 6.08 Å². The van der Waals surface area contributed by atoms with Crippen molar-refractivity contribution in [3.63, 3.8) is 0 Å². The van der Waals surface area contributed by atoms with Crippen LogP contribution in [0.3, 0.4) is 0 Å². The van der Waals surface area contributed by atoms with Crippen molar-refractivity contribution in [2.24, 2.45) is 11.7 Å². The highest BCUT2D eigenvalue weighted by molar-refractivity contribution is 5.68. The molecule has 1 heteroatoms. The molecule has 0 amide bonds. The van der Waals surface area contributed by atoms with Crippen molar-refractivity contribution in [1.29, 1.82) is 0 Å². The fraction of sp³-hybridized carbons (Fsp3) is 0.250. The molecule has 2 N–H and O–H groups in total. The van der Waals surface area contributed by atoms with E-state index in [1.165, 1.54) is 16.7 Å². The summed E-state index contributed by atoms with van der Waals surface area (Å²) in [5.41, 5.74) is 10.2. The van der Waals surface area contributed by atoms with Gasteiger partial charge in [0, 0.05) is 5.70 Å². The minimum Gasteiger partial charge on any atom is -0.399 e. The average molecular weight is 227 g/mol. The summed E-state index contributed by atoms with van der Waals surface area (Å²) < 4.78 is 0. The van der Waals surface area contributed by atoms with Crippen LogP contribution in [0.5, 0.6) is 0 Å². The topological polar surface area (TPSA) is 26.0 Å². The molecule has 0 saturated heterocycles. The maximum Gasteiger partial charge on any atom is 0.0308 e. The molecule has 0 aliphatic rings. The van der Waals surface area contributed by atoms with Gasteiger partial charge in [-0.3, -0.25) is 0 Å². The third kappa shape index (κ3) is 3.95. The molecule has 0 aromatic heterocycles. The first kappa shape index (κ1) is 13.3. The molecule has 90 valence electrons. The Labute approximate surface area is 104 Å². The molecule has 0 heterocycles. The first-order chi connectivity index (χ1) is 8.04. The van der Waals surface area contributed by atoms with Gasteiger partial charge in [0.25, 0.3) is 0 Å². The van der Waals surface area contributed by atoms with Gasteiger partial charge in [0.1, 0.15) is 0 Å². The summed E-state index contributed by atoms with van der Waals surface area (Å²) in [5.74, 6) is 0.464. The number of hydrogen-bond donors (Lipinski definition) is 1. The Morgan fingerprint density at radius 2 is 1.76 bits per heavy atom. The first-order valence-corrected chi connectivity index (χ1v) is 5.91. The molecular formula is C16H21N. The van der Waals surface area contributed by atoms with Crippen molar-refractivity contribution < 1.29 is 0 Å². The molecule has 0 radical (unpaired) electrons. The van der Waals surface area contributed by atoms with Gasteiger partial charge in [-0.2, -0.15) is 0 Å². The van der Waals surface area contributed by atoms with E-state index >= 15 is 0 Å². The van der Waals surface area contributed by atoms with Crippen molar-refractivity contribution in [2.75, 3.05) is 0 Å². The zero-order valence-corrected chi connectivity index (χ0v) is 10.9. The van der Waals surface area contributed by atoms with Crippen LogP contribution in [0.25, 0.3) is 5.57 Å². The lowest BCUT2D eigenvalue weighted by molar-refractivity contribution is 0.855. The summed E-state index contributed by atoms with van der Waals surface area (Å²) in [6, 6.07) is 8.57. The van der Waals surface area contributed by atoms with E-state index in [9.17, 15) is 0 Å². The van der Waals surface area contributed by atoms with Crippen molar-refractivity contribution >= 4 is 5.57 Å². The molecule has 1 rings (SSSR count). The largest absolute Gasteiger partial charge is 0.399 e. The van der Waals surface area contributed by atoms with E-state index in [2.05, 4.69) is 57.7 Å². The van der Waals surface area contributed by atoms with Gasteiger partial charge in [0.15, 0.2) is 0 Å². The monoisotopic (exact) mass is 227 g/mol. The fourth-order valence-electron chi connectivity index (χ4n) is 1.62. The molecule has 1 aromatic rings. The second-order valence-electron chi connectivity index (χ2n) is 4.51. The molecule has 1 aromatic carbocycles. The van der Waals surface area contributed by atoms with E-state index in [-0.39, 0.29) is 0 Å². The van der Waals surface area contributed by atoms with Gasteiger partial charge in [0.05, 0.1) is 0 Å². The van der Waals surface area contributed by atoms with Gasteiger partial charge in [-0.05, 0) is 36.1 Å². The van der Waals surface area contributed by atoms with Gasteiger partial charge < -0.3 is 5.73 Å². The van der Waals surface area contributed by atoms with E-state index < -0.39 is 0 Å². The van der Waals surface area contributed by atoms with Crippen LogP contribution in [0, 0.1) is 12.8 Å². The van der Waals surface area contributed by atoms with Crippen LogP contribution in [-0.4, -0.2) is 0 Å². The quantitative estimate of drug-likeness (QED) is 0.771. The molecule has 0 unspecified atom stereocenters. The smallest absolute Gasteiger partial charge is 0.0308 e. The second-order valence-corrected chi connectivity index (χ2v) is 4.51. The molecular weight excluding hydrogens is 206 g/mol. The van der Waals surface area contributed by atoms with E-state index in [0.717, 1.165) is 0 Å². The lowest BCUT2D eigenvalue weighted by Gasteiger charge is -2.11. The summed E-state index contributed by atoms with van der Waals surface area (Å²) in [6.45, 7) is 10.1. The number of nitrogens with two attached hydrogens (primary N) is 1. The van der Waals surface area contributed by atoms with Crippen LogP contribution < -0.4 is 5.73 Å². The third-order valence-electron chi connectivity index (χ3n) is 2.70. The Balaban J connectivity index is 3.09. The molecule has 17 heavy (non-hydrogen) atoms. The predicted molar refractivity (Wildman–Crippen MR) is 76.5 cm³/mol. The first-order valence-electron chi connectivity index (χ1n) is 5.91. The summed E-state index contributed by atoms with van der Waals surface area (Å²) in [5, 5.41) is 0. The minimum atomic E-state index is 0.464. The lowest BCUT2D eigenvalue weighted by Crippen LogP contribution is -1.95. The maximum atomic E-state index is 5.72. The normalized spacial score (nSPS) is 12.9. The summed E-state index contributed by atoms with van der Waals surface area (Å²) in [4.78, 5) is 0. The molecule has 0 aliphatic heterocycles. The van der Waals surface area contributed by atoms with Crippen molar-refractivity contribution in [2.45, 2.75) is 20.8 Å². The highest BCUT2D eigenvalue weighted by Gasteiger charge is 2.05. The van der Waals surface area contributed by atoms with E-state index in [4.69, 9.17) is 5.73 Å². The lowest BCUT2D eigenvalue weighted by atomic mass is 9.94. The van der Waals surface area contributed by atoms with Crippen LogP contribution in [0.4, 0.5) is 0 Å². The number of benzene rings is 1. The van der Waals surface area contributed by atoms with Gasteiger partial charge in [-0.15, -0.1) is 0 Å². The number of rotatable bonds is 4. The SMILES string of the molecule is C=C/C(N)=C\C=C(\c1ccc(C)cc1)C(C)C. The number of allylic oxidation sites excluding steroid dienone is 4. The average Bonchev–Trinajstić information content (AvgIpc) is 2.31. The maximum absolute atomic E-state index is 5.72. The third-order valence-corrected chi connectivity index (χ3v) is 2.70. The summed E-state index contributed by atoms with van der Waals surface area (Å²) in [6.07, 6.45) is 5.64. The molecule has 0 atom stereocenters. The molecule has 0 aliphatic carbocycles. The van der Waals surface area contributed by atoms with Gasteiger partial charge >= 0.3 is 0 Å². The highest BCUT2D eigenvalue weighted by atomic mass is 14.5. The van der Waals surface area contributed by atoms with Gasteiger partial charge in [-0.25, -0.2) is 0 Å². The zero-order chi connectivity index (χ0) is 12.8. The fourth-order valence-corrected chi connectivity index (χ4v) is 1.62. The Morgan fingerprint density at radius 1 is 1.18 bits per heavy atom. The highest BCUT2D eigenvalue weighted by Crippen LogP contribution is 2.23. The van der Waals surface area contributed by atoms with Crippen LogP contribution in [0.1, 0.15) is 25.0 Å². The van der Waals surface area contributed by atoms with Gasteiger partial charge in [-0.1, -0.05) is 56.3 Å². The van der Waals surface area contributed by atoms with Crippen LogP contribution in [0.15, 0.2) is 54.8 Å². The van der Waals surface area contributed by atoms with Crippen LogP contribution in [0.2, 0.25) is 0 Å². The van der Waals surface area contributed by atoms with Crippen molar-refractivity contribution in [3.8, 4) is 0 Å². The van der Waals surface area contributed by atoms with E-state index in [1.54, 1.807) is 6.08 Å². The Morgan fingerprint density at radius 3 is 2.24 bits per heavy atom.